The molecule has 158 valence electrons. The van der Waals surface area contributed by atoms with Crippen LogP contribution in [0.2, 0.25) is 0 Å². The molecule has 0 bridgehead atoms. The first-order chi connectivity index (χ1) is 15.3. The number of amides is 1. The molecular formula is C23H20B2F2N4O. The van der Waals surface area contributed by atoms with Crippen LogP contribution in [0.3, 0.4) is 0 Å². The van der Waals surface area contributed by atoms with Crippen molar-refractivity contribution in [1.29, 1.82) is 0 Å². The lowest BCUT2D eigenvalue weighted by atomic mass is 9.59. The van der Waals surface area contributed by atoms with Gasteiger partial charge in [0.1, 0.15) is 27.3 Å². The van der Waals surface area contributed by atoms with E-state index in [9.17, 15) is 4.79 Å². The molecule has 32 heavy (non-hydrogen) atoms. The number of carbonyl (C=O) groups excluding carboxylic acids is 1. The van der Waals surface area contributed by atoms with Crippen LogP contribution in [0, 0.1) is 11.6 Å². The van der Waals surface area contributed by atoms with Gasteiger partial charge in [0.05, 0.1) is 29.5 Å². The summed E-state index contributed by atoms with van der Waals surface area (Å²) in [5.74, 6) is -1.66. The molecule has 0 spiro atoms. The van der Waals surface area contributed by atoms with Crippen LogP contribution in [-0.2, 0) is 18.4 Å². The number of hydrogen-bond acceptors (Lipinski definition) is 3. The van der Waals surface area contributed by atoms with Gasteiger partial charge in [-0.3, -0.25) is 14.5 Å². The van der Waals surface area contributed by atoms with Crippen LogP contribution in [0.1, 0.15) is 28.5 Å². The molecule has 1 aliphatic rings. The van der Waals surface area contributed by atoms with Crippen molar-refractivity contribution in [2.24, 2.45) is 0 Å². The quantitative estimate of drug-likeness (QED) is 0.470. The van der Waals surface area contributed by atoms with Crippen molar-refractivity contribution in [3.8, 4) is 11.1 Å². The number of hydrogen-bond donors (Lipinski definition) is 0. The predicted octanol–water partition coefficient (Wildman–Crippen LogP) is 2.43. The largest absolute Gasteiger partial charge is 0.339 e. The zero-order valence-corrected chi connectivity index (χ0v) is 18.1. The number of nitrogens with zero attached hydrogens (tertiary/aromatic N) is 4. The van der Waals surface area contributed by atoms with E-state index in [2.05, 4.69) is 10.1 Å². The molecule has 0 saturated carbocycles. The second kappa shape index (κ2) is 7.29. The minimum atomic E-state index is -0.772. The lowest BCUT2D eigenvalue weighted by Gasteiger charge is -2.32. The first-order valence-corrected chi connectivity index (χ1v) is 10.5. The molecule has 0 fully saturated rings. The van der Waals surface area contributed by atoms with Gasteiger partial charge >= 0.3 is 0 Å². The summed E-state index contributed by atoms with van der Waals surface area (Å²) in [5, 5.41) is 4.41. The van der Waals surface area contributed by atoms with Gasteiger partial charge in [-0.1, -0.05) is 12.1 Å². The van der Waals surface area contributed by atoms with Gasteiger partial charge in [0.15, 0.2) is 0 Å². The third-order valence-corrected chi connectivity index (χ3v) is 6.29. The Balaban J connectivity index is 1.54. The summed E-state index contributed by atoms with van der Waals surface area (Å²) in [5.41, 5.74) is 2.99. The molecule has 9 heteroatoms. The molecule has 1 amide bonds. The van der Waals surface area contributed by atoms with E-state index in [4.69, 9.17) is 0 Å². The van der Waals surface area contributed by atoms with E-state index in [-0.39, 0.29) is 18.0 Å². The summed E-state index contributed by atoms with van der Waals surface area (Å²) >= 11 is 0. The van der Waals surface area contributed by atoms with Crippen molar-refractivity contribution < 1.29 is 13.6 Å². The molecule has 5 nitrogen and oxygen atoms in total. The minimum Gasteiger partial charge on any atom is -0.339 e. The van der Waals surface area contributed by atoms with E-state index in [1.165, 1.54) is 17.0 Å². The molecule has 3 heterocycles. The van der Waals surface area contributed by atoms with Crippen LogP contribution >= 0.6 is 0 Å². The van der Waals surface area contributed by atoms with Gasteiger partial charge in [-0.25, -0.2) is 8.78 Å². The maximum Gasteiger partial charge on any atom is 0.255 e. The second-order valence-electron chi connectivity index (χ2n) is 8.47. The molecule has 0 unspecified atom stereocenters. The number of halogens is 2. The number of benzene rings is 2. The van der Waals surface area contributed by atoms with E-state index in [1.54, 1.807) is 24.5 Å². The summed E-state index contributed by atoms with van der Waals surface area (Å²) in [6, 6.07) is 11.7. The van der Waals surface area contributed by atoms with Gasteiger partial charge in [-0.2, -0.15) is 5.10 Å². The average molecular weight is 428 g/mol. The highest BCUT2D eigenvalue weighted by Gasteiger charge is 2.44. The SMILES string of the molecule is BC1(B)c2ncccc2C(=O)N1Cc1c(F)cc(-c2cccc3c2cnn3CC)cc1F. The maximum atomic E-state index is 15.2. The zero-order valence-electron chi connectivity index (χ0n) is 18.1. The van der Waals surface area contributed by atoms with Gasteiger partial charge in [-0.15, -0.1) is 0 Å². The number of pyridine rings is 1. The zero-order chi connectivity index (χ0) is 22.6. The monoisotopic (exact) mass is 428 g/mol. The standard InChI is InChI=1S/C23H20B2F2N4O/c1-2-31-20-7-3-5-14(16(20)11-29-31)13-9-18(26)17(19(27)10-13)12-30-22(32)15-6-4-8-28-21(15)23(30,24)25/h3-11H,2,12,24-25H2,1H3. The molecular weight excluding hydrogens is 408 g/mol. The van der Waals surface area contributed by atoms with Crippen molar-refractivity contribution in [2.45, 2.75) is 25.4 Å². The van der Waals surface area contributed by atoms with Gasteiger partial charge in [0, 0.05) is 29.0 Å². The first kappa shape index (κ1) is 20.4. The highest BCUT2D eigenvalue weighted by Crippen LogP contribution is 2.36. The molecule has 0 atom stereocenters. The predicted molar refractivity (Wildman–Crippen MR) is 124 cm³/mol. The van der Waals surface area contributed by atoms with E-state index >= 15 is 8.78 Å². The minimum absolute atomic E-state index is 0.139. The van der Waals surface area contributed by atoms with Crippen LogP contribution in [0.5, 0.6) is 0 Å². The smallest absolute Gasteiger partial charge is 0.255 e. The van der Waals surface area contributed by atoms with Crippen molar-refractivity contribution in [1.82, 2.24) is 19.7 Å². The molecule has 0 aliphatic carbocycles. The third-order valence-electron chi connectivity index (χ3n) is 6.29. The molecule has 0 saturated heterocycles. The molecule has 2 aromatic heterocycles. The Morgan fingerprint density at radius 3 is 2.47 bits per heavy atom. The summed E-state index contributed by atoms with van der Waals surface area (Å²) in [4.78, 5) is 18.7. The topological polar surface area (TPSA) is 51.0 Å². The number of aromatic nitrogens is 3. The van der Waals surface area contributed by atoms with Crippen LogP contribution in [0.25, 0.3) is 22.0 Å². The number of aryl methyl sites for hydroxylation is 1. The Morgan fingerprint density at radius 2 is 1.78 bits per heavy atom. The van der Waals surface area contributed by atoms with Crippen molar-refractivity contribution >= 4 is 32.5 Å². The van der Waals surface area contributed by atoms with E-state index < -0.39 is 17.0 Å². The van der Waals surface area contributed by atoms with E-state index in [1.807, 2.05) is 45.5 Å². The summed E-state index contributed by atoms with van der Waals surface area (Å²) in [7, 11) is 3.67. The van der Waals surface area contributed by atoms with Gasteiger partial charge in [0.2, 0.25) is 0 Å². The molecule has 4 aromatic rings. The maximum absolute atomic E-state index is 15.2. The Hall–Kier alpha value is -3.48. The summed E-state index contributed by atoms with van der Waals surface area (Å²) < 4.78 is 32.3. The van der Waals surface area contributed by atoms with Crippen LogP contribution < -0.4 is 0 Å². The Kier molecular flexibility index (Phi) is 4.65. The third kappa shape index (κ3) is 2.95. The molecule has 0 radical (unpaired) electrons. The number of rotatable bonds is 4. The lowest BCUT2D eigenvalue weighted by Crippen LogP contribution is -2.45. The lowest BCUT2D eigenvalue weighted by molar-refractivity contribution is 0.0727. The van der Waals surface area contributed by atoms with Crippen LogP contribution in [-0.4, -0.2) is 41.3 Å². The summed E-state index contributed by atoms with van der Waals surface area (Å²) in [6.45, 7) is 2.51. The Labute approximate surface area is 185 Å². The number of carbonyl (C=O) groups is 1. The number of fused-ring (bicyclic) bond motifs is 2. The first-order valence-electron chi connectivity index (χ1n) is 10.5. The highest BCUT2D eigenvalue weighted by atomic mass is 19.1. The van der Waals surface area contributed by atoms with E-state index in [0.717, 1.165) is 10.9 Å². The Morgan fingerprint density at radius 1 is 1.06 bits per heavy atom. The molecule has 2 aromatic carbocycles. The molecule has 5 rings (SSSR count). The normalized spacial score (nSPS) is 14.8. The molecule has 1 aliphatic heterocycles. The highest BCUT2D eigenvalue weighted by molar-refractivity contribution is 6.42. The van der Waals surface area contributed by atoms with Crippen molar-refractivity contribution in [3.63, 3.8) is 0 Å². The van der Waals surface area contributed by atoms with Crippen LogP contribution in [0.4, 0.5) is 8.78 Å². The fourth-order valence-electron chi connectivity index (χ4n) is 4.54. The molecule has 0 N–H and O–H groups in total. The van der Waals surface area contributed by atoms with Crippen LogP contribution in [0.15, 0.2) is 54.9 Å². The Bertz CT molecular complexity index is 1360. The average Bonchev–Trinajstić information content (AvgIpc) is 3.28. The fourth-order valence-corrected chi connectivity index (χ4v) is 4.54. The second-order valence-corrected chi connectivity index (χ2v) is 8.47. The van der Waals surface area contributed by atoms with Gasteiger partial charge < -0.3 is 4.90 Å². The van der Waals surface area contributed by atoms with E-state index in [0.29, 0.717) is 28.9 Å². The van der Waals surface area contributed by atoms with Gasteiger partial charge in [-0.05, 0) is 48.4 Å². The van der Waals surface area contributed by atoms with Gasteiger partial charge in [0.25, 0.3) is 5.91 Å². The fraction of sp³-hybridized carbons (Fsp3) is 0.174. The summed E-state index contributed by atoms with van der Waals surface area (Å²) in [6.07, 6.45) is 3.34. The van der Waals surface area contributed by atoms with Crippen molar-refractivity contribution in [3.05, 3.63) is 83.3 Å². The van der Waals surface area contributed by atoms with Crippen molar-refractivity contribution in [2.75, 3.05) is 0 Å².